The van der Waals surface area contributed by atoms with Gasteiger partial charge in [-0.15, -0.1) is 0 Å². The van der Waals surface area contributed by atoms with Gasteiger partial charge in [-0.3, -0.25) is 4.68 Å². The molecule has 6 nitrogen and oxygen atoms in total. The molecule has 2 heterocycles. The fourth-order valence-corrected chi connectivity index (χ4v) is 3.71. The van der Waals surface area contributed by atoms with E-state index in [0.717, 1.165) is 5.69 Å². The van der Waals surface area contributed by atoms with Gasteiger partial charge in [-0.25, -0.2) is 0 Å². The Labute approximate surface area is 111 Å². The molecule has 2 aliphatic carbocycles. The third-order valence-corrected chi connectivity index (χ3v) is 4.65. The zero-order valence-corrected chi connectivity index (χ0v) is 10.9. The fraction of sp³-hybridized carbons (Fsp3) is 0.615. The van der Waals surface area contributed by atoms with Crippen molar-refractivity contribution >= 4 is 0 Å². The van der Waals surface area contributed by atoms with Crippen molar-refractivity contribution in [3.05, 3.63) is 18.2 Å². The number of rotatable bonds is 2. The van der Waals surface area contributed by atoms with E-state index in [-0.39, 0.29) is 12.0 Å². The molecule has 0 amide bonds. The Hall–Kier alpha value is -1.69. The number of hydrogen-bond donors (Lipinski definition) is 1. The number of aromatic nitrogens is 4. The van der Waals surface area contributed by atoms with E-state index in [9.17, 15) is 0 Å². The van der Waals surface area contributed by atoms with E-state index < -0.39 is 0 Å². The van der Waals surface area contributed by atoms with Gasteiger partial charge < -0.3 is 10.3 Å². The van der Waals surface area contributed by atoms with Crippen LogP contribution in [0.1, 0.15) is 31.1 Å². The van der Waals surface area contributed by atoms with E-state index in [0.29, 0.717) is 23.6 Å². The van der Waals surface area contributed by atoms with Gasteiger partial charge in [0.2, 0.25) is 11.7 Å². The molecule has 0 aliphatic heterocycles. The smallest absolute Gasteiger partial charge is 0.231 e. The minimum atomic E-state index is 0.177. The van der Waals surface area contributed by atoms with Gasteiger partial charge in [0.15, 0.2) is 0 Å². The van der Waals surface area contributed by atoms with E-state index in [2.05, 4.69) is 15.2 Å². The van der Waals surface area contributed by atoms with Gasteiger partial charge in [-0.2, -0.15) is 10.1 Å². The van der Waals surface area contributed by atoms with E-state index in [1.807, 2.05) is 19.3 Å². The molecule has 19 heavy (non-hydrogen) atoms. The number of fused-ring (bicyclic) bond motifs is 2. The first kappa shape index (κ1) is 11.2. The molecule has 2 aliphatic rings. The summed E-state index contributed by atoms with van der Waals surface area (Å²) in [6, 6.07) is 2.06. The topological polar surface area (TPSA) is 82.8 Å². The molecule has 6 heteroatoms. The number of nitrogens with zero attached hydrogens (tertiary/aromatic N) is 4. The van der Waals surface area contributed by atoms with Gasteiger partial charge in [-0.1, -0.05) is 5.16 Å². The summed E-state index contributed by atoms with van der Waals surface area (Å²) < 4.78 is 7.18. The Morgan fingerprint density at radius 3 is 2.89 bits per heavy atom. The minimum absolute atomic E-state index is 0.177. The quantitative estimate of drug-likeness (QED) is 0.879. The summed E-state index contributed by atoms with van der Waals surface area (Å²) in [6.45, 7) is 0. The first-order valence-corrected chi connectivity index (χ1v) is 6.81. The first-order valence-electron chi connectivity index (χ1n) is 6.81. The maximum absolute atomic E-state index is 6.30. The van der Waals surface area contributed by atoms with Crippen LogP contribution in [0.4, 0.5) is 0 Å². The van der Waals surface area contributed by atoms with Gasteiger partial charge in [0, 0.05) is 19.3 Å². The van der Waals surface area contributed by atoms with Crippen molar-refractivity contribution in [1.82, 2.24) is 19.9 Å². The van der Waals surface area contributed by atoms with Crippen LogP contribution >= 0.6 is 0 Å². The summed E-state index contributed by atoms with van der Waals surface area (Å²) in [7, 11) is 1.87. The van der Waals surface area contributed by atoms with Gasteiger partial charge >= 0.3 is 0 Å². The van der Waals surface area contributed by atoms with Crippen LogP contribution in [0, 0.1) is 11.8 Å². The summed E-state index contributed by atoms with van der Waals surface area (Å²) >= 11 is 0. The Balaban J connectivity index is 1.65. The highest BCUT2D eigenvalue weighted by molar-refractivity contribution is 5.46. The van der Waals surface area contributed by atoms with Crippen LogP contribution < -0.4 is 5.73 Å². The average molecular weight is 259 g/mol. The lowest BCUT2D eigenvalue weighted by Crippen LogP contribution is -2.34. The van der Waals surface area contributed by atoms with Crippen molar-refractivity contribution in [2.24, 2.45) is 24.6 Å². The average Bonchev–Trinajstić information content (AvgIpc) is 3.10. The van der Waals surface area contributed by atoms with Crippen molar-refractivity contribution in [3.63, 3.8) is 0 Å². The SMILES string of the molecule is Cn1ccc(-c2noc(C3C4CCC(C4)C3N)n2)n1. The van der Waals surface area contributed by atoms with Crippen molar-refractivity contribution in [3.8, 4) is 11.5 Å². The summed E-state index contributed by atoms with van der Waals surface area (Å²) in [5.41, 5.74) is 7.05. The Morgan fingerprint density at radius 2 is 2.21 bits per heavy atom. The highest BCUT2D eigenvalue weighted by atomic mass is 16.5. The summed E-state index contributed by atoms with van der Waals surface area (Å²) in [4.78, 5) is 4.51. The maximum Gasteiger partial charge on any atom is 0.231 e. The summed E-state index contributed by atoms with van der Waals surface area (Å²) in [6.07, 6.45) is 5.58. The molecule has 2 fully saturated rings. The predicted molar refractivity (Wildman–Crippen MR) is 68.0 cm³/mol. The second-order valence-electron chi connectivity index (χ2n) is 5.77. The monoisotopic (exact) mass is 259 g/mol. The molecule has 0 radical (unpaired) electrons. The van der Waals surface area contributed by atoms with E-state index in [1.54, 1.807) is 4.68 Å². The molecule has 2 aromatic rings. The minimum Gasteiger partial charge on any atom is -0.339 e. The Morgan fingerprint density at radius 1 is 1.37 bits per heavy atom. The van der Waals surface area contributed by atoms with Crippen LogP contribution in [0.25, 0.3) is 11.5 Å². The second kappa shape index (κ2) is 3.90. The van der Waals surface area contributed by atoms with Crippen molar-refractivity contribution in [1.29, 1.82) is 0 Å². The molecular weight excluding hydrogens is 242 g/mol. The lowest BCUT2D eigenvalue weighted by Gasteiger charge is -2.24. The molecule has 4 rings (SSSR count). The summed E-state index contributed by atoms with van der Waals surface area (Å²) in [5.74, 6) is 2.76. The van der Waals surface area contributed by atoms with Crippen LogP contribution in [-0.4, -0.2) is 26.0 Å². The third-order valence-electron chi connectivity index (χ3n) is 4.65. The zero-order valence-electron chi connectivity index (χ0n) is 10.9. The molecule has 0 aromatic carbocycles. The van der Waals surface area contributed by atoms with Crippen LogP contribution in [0.2, 0.25) is 0 Å². The van der Waals surface area contributed by atoms with Crippen LogP contribution in [0.3, 0.4) is 0 Å². The highest BCUT2D eigenvalue weighted by Crippen LogP contribution is 2.51. The first-order chi connectivity index (χ1) is 9.22. The predicted octanol–water partition coefficient (Wildman–Crippen LogP) is 1.31. The van der Waals surface area contributed by atoms with Crippen molar-refractivity contribution in [2.75, 3.05) is 0 Å². The van der Waals surface area contributed by atoms with E-state index in [1.165, 1.54) is 19.3 Å². The van der Waals surface area contributed by atoms with E-state index >= 15 is 0 Å². The number of aryl methyl sites for hydroxylation is 1. The van der Waals surface area contributed by atoms with Crippen LogP contribution in [-0.2, 0) is 7.05 Å². The third kappa shape index (κ3) is 1.63. The van der Waals surface area contributed by atoms with Crippen molar-refractivity contribution < 1.29 is 4.52 Å². The van der Waals surface area contributed by atoms with E-state index in [4.69, 9.17) is 10.3 Å². The molecular formula is C13H17N5O. The molecule has 100 valence electrons. The molecule has 2 bridgehead atoms. The Bertz CT molecular complexity index is 602. The normalized spacial score (nSPS) is 33.2. The molecule has 4 atom stereocenters. The second-order valence-corrected chi connectivity index (χ2v) is 5.77. The van der Waals surface area contributed by atoms with Crippen LogP contribution in [0.5, 0.6) is 0 Å². The van der Waals surface area contributed by atoms with Crippen LogP contribution in [0.15, 0.2) is 16.8 Å². The molecule has 0 spiro atoms. The molecule has 0 saturated heterocycles. The molecule has 4 unspecified atom stereocenters. The fourth-order valence-electron chi connectivity index (χ4n) is 3.71. The molecule has 2 aromatic heterocycles. The zero-order chi connectivity index (χ0) is 13.0. The number of hydrogen-bond acceptors (Lipinski definition) is 5. The number of nitrogens with two attached hydrogens (primary N) is 1. The lowest BCUT2D eigenvalue weighted by molar-refractivity contribution is 0.279. The van der Waals surface area contributed by atoms with Gasteiger partial charge in [-0.05, 0) is 37.2 Å². The van der Waals surface area contributed by atoms with Gasteiger partial charge in [0.05, 0.1) is 5.92 Å². The van der Waals surface area contributed by atoms with Gasteiger partial charge in [0.25, 0.3) is 0 Å². The molecule has 2 N–H and O–H groups in total. The maximum atomic E-state index is 6.30. The van der Waals surface area contributed by atoms with Crippen molar-refractivity contribution in [2.45, 2.75) is 31.2 Å². The standard InChI is InChI=1S/C13H17N5O/c1-18-5-4-9(16-18)12-15-13(19-17-12)10-7-2-3-8(6-7)11(10)14/h4-5,7-8,10-11H,2-3,6,14H2,1H3. The van der Waals surface area contributed by atoms with Gasteiger partial charge in [0.1, 0.15) is 5.69 Å². The molecule has 2 saturated carbocycles. The highest BCUT2D eigenvalue weighted by Gasteiger charge is 2.48. The summed E-state index contributed by atoms with van der Waals surface area (Å²) in [5, 5.41) is 8.33. The lowest BCUT2D eigenvalue weighted by atomic mass is 9.85. The largest absolute Gasteiger partial charge is 0.339 e. The Kier molecular flexibility index (Phi) is 2.29.